The van der Waals surface area contributed by atoms with Crippen LogP contribution in [-0.4, -0.2) is 18.5 Å². The van der Waals surface area contributed by atoms with Crippen molar-refractivity contribution in [3.8, 4) is 11.8 Å². The molecule has 0 heterocycles. The molecule has 1 aromatic carbocycles. The summed E-state index contributed by atoms with van der Waals surface area (Å²) in [5, 5.41) is 3.17. The smallest absolute Gasteiger partial charge is 0.251 e. The zero-order valence-corrected chi connectivity index (χ0v) is 13.1. The summed E-state index contributed by atoms with van der Waals surface area (Å²) in [6.07, 6.45) is 2.26. The van der Waals surface area contributed by atoms with E-state index < -0.39 is 0 Å². The minimum Gasteiger partial charge on any atom is -0.349 e. The van der Waals surface area contributed by atoms with E-state index in [0.717, 1.165) is 17.5 Å². The van der Waals surface area contributed by atoms with Crippen LogP contribution < -0.4 is 11.1 Å². The predicted molar refractivity (Wildman–Crippen MR) is 85.9 cm³/mol. The number of amides is 1. The highest BCUT2D eigenvalue weighted by atomic mass is 16.1. The predicted octanol–water partition coefficient (Wildman–Crippen LogP) is 2.47. The maximum Gasteiger partial charge on any atom is 0.251 e. The lowest BCUT2D eigenvalue weighted by Crippen LogP contribution is -2.37. The van der Waals surface area contributed by atoms with Gasteiger partial charge in [0.2, 0.25) is 0 Å². The van der Waals surface area contributed by atoms with Gasteiger partial charge in [-0.3, -0.25) is 4.79 Å². The quantitative estimate of drug-likeness (QED) is 0.820. The first-order chi connectivity index (χ1) is 10.0. The Morgan fingerprint density at radius 2 is 2.10 bits per heavy atom. The van der Waals surface area contributed by atoms with E-state index in [4.69, 9.17) is 5.73 Å². The summed E-state index contributed by atoms with van der Waals surface area (Å²) in [5.41, 5.74) is 7.96. The van der Waals surface area contributed by atoms with Gasteiger partial charge in [0.15, 0.2) is 0 Å². The Balaban J connectivity index is 2.14. The number of rotatable bonds is 2. The molecule has 0 bridgehead atoms. The molecule has 0 radical (unpaired) electrons. The molecule has 1 fully saturated rings. The van der Waals surface area contributed by atoms with Gasteiger partial charge in [-0.15, -0.1) is 0 Å². The molecule has 0 aliphatic heterocycles. The molecule has 1 amide bonds. The summed E-state index contributed by atoms with van der Waals surface area (Å²) in [7, 11) is 0. The summed E-state index contributed by atoms with van der Waals surface area (Å²) >= 11 is 0. The molecule has 1 saturated carbocycles. The van der Waals surface area contributed by atoms with E-state index in [2.05, 4.69) is 31.0 Å². The van der Waals surface area contributed by atoms with Gasteiger partial charge >= 0.3 is 0 Å². The fraction of sp³-hybridized carbons (Fsp3) is 0.500. The monoisotopic (exact) mass is 284 g/mol. The first kappa shape index (κ1) is 15.6. The number of hydrogen-bond acceptors (Lipinski definition) is 2. The van der Waals surface area contributed by atoms with Crippen LogP contribution in [0.25, 0.3) is 0 Å². The molecule has 1 aliphatic rings. The molecular formula is C18H24N2O. The van der Waals surface area contributed by atoms with Crippen LogP contribution in [-0.2, 0) is 0 Å². The van der Waals surface area contributed by atoms with Crippen LogP contribution in [0.2, 0.25) is 0 Å². The molecule has 3 heteroatoms. The molecule has 1 aliphatic carbocycles. The highest BCUT2D eigenvalue weighted by molar-refractivity contribution is 5.95. The Morgan fingerprint density at radius 1 is 1.33 bits per heavy atom. The average molecular weight is 284 g/mol. The second kappa shape index (κ2) is 6.78. The van der Waals surface area contributed by atoms with Gasteiger partial charge < -0.3 is 11.1 Å². The van der Waals surface area contributed by atoms with Crippen molar-refractivity contribution in [3.63, 3.8) is 0 Å². The Bertz CT molecular complexity index is 583. The van der Waals surface area contributed by atoms with Gasteiger partial charge in [0.25, 0.3) is 5.91 Å². The minimum atomic E-state index is 0.000415. The number of nitrogens with one attached hydrogen (secondary N) is 1. The molecule has 3 unspecified atom stereocenters. The van der Waals surface area contributed by atoms with Crippen LogP contribution in [0.4, 0.5) is 0 Å². The SMILES string of the molecule is Cc1cc(C#CCN)cc(C(=O)NC2CCC(C)C2C)c1. The van der Waals surface area contributed by atoms with Crippen molar-refractivity contribution in [2.24, 2.45) is 17.6 Å². The Labute approximate surface area is 127 Å². The topological polar surface area (TPSA) is 55.1 Å². The van der Waals surface area contributed by atoms with Crippen LogP contribution in [0.1, 0.15) is 48.2 Å². The lowest BCUT2D eigenvalue weighted by Gasteiger charge is -2.19. The zero-order chi connectivity index (χ0) is 15.4. The van der Waals surface area contributed by atoms with E-state index in [1.165, 1.54) is 6.42 Å². The zero-order valence-electron chi connectivity index (χ0n) is 13.1. The lowest BCUT2D eigenvalue weighted by molar-refractivity contribution is 0.0927. The first-order valence-electron chi connectivity index (χ1n) is 7.62. The number of nitrogens with two attached hydrogens (primary N) is 1. The Kier molecular flexibility index (Phi) is 5.03. The maximum absolute atomic E-state index is 12.4. The molecule has 21 heavy (non-hydrogen) atoms. The minimum absolute atomic E-state index is 0.000415. The van der Waals surface area contributed by atoms with E-state index in [1.54, 1.807) is 0 Å². The molecule has 1 aromatic rings. The normalized spacial score (nSPS) is 24.3. The number of carbonyl (C=O) groups excluding carboxylic acids is 1. The standard InChI is InChI=1S/C18H24N2O/c1-12-9-15(5-4-8-19)11-16(10-12)18(21)20-17-7-6-13(2)14(17)3/h9-11,13-14,17H,6-8,19H2,1-3H3,(H,20,21). The van der Waals surface area contributed by atoms with Gasteiger partial charge in [0.1, 0.15) is 0 Å². The second-order valence-corrected chi connectivity index (χ2v) is 6.09. The molecule has 0 spiro atoms. The summed E-state index contributed by atoms with van der Waals surface area (Å²) in [4.78, 5) is 12.4. The van der Waals surface area contributed by atoms with Crippen molar-refractivity contribution in [3.05, 3.63) is 34.9 Å². The first-order valence-corrected chi connectivity index (χ1v) is 7.62. The third kappa shape index (κ3) is 3.86. The summed E-state index contributed by atoms with van der Waals surface area (Å²) in [5.74, 6) is 7.04. The molecule has 3 N–H and O–H groups in total. The van der Waals surface area contributed by atoms with Crippen LogP contribution in [0.5, 0.6) is 0 Å². The fourth-order valence-electron chi connectivity index (χ4n) is 2.96. The van der Waals surface area contributed by atoms with Crippen LogP contribution in [0.3, 0.4) is 0 Å². The van der Waals surface area contributed by atoms with E-state index in [0.29, 0.717) is 23.9 Å². The third-order valence-electron chi connectivity index (χ3n) is 4.46. The highest BCUT2D eigenvalue weighted by Crippen LogP contribution is 2.31. The van der Waals surface area contributed by atoms with E-state index in [-0.39, 0.29) is 11.9 Å². The second-order valence-electron chi connectivity index (χ2n) is 6.09. The van der Waals surface area contributed by atoms with Crippen molar-refractivity contribution < 1.29 is 4.79 Å². The Morgan fingerprint density at radius 3 is 2.71 bits per heavy atom. The van der Waals surface area contributed by atoms with Crippen molar-refractivity contribution in [1.82, 2.24) is 5.32 Å². The summed E-state index contributed by atoms with van der Waals surface area (Å²) < 4.78 is 0. The fourth-order valence-corrected chi connectivity index (χ4v) is 2.96. The molecule has 0 aromatic heterocycles. The number of aryl methyl sites for hydroxylation is 1. The number of hydrogen-bond donors (Lipinski definition) is 2. The number of carbonyl (C=O) groups is 1. The van der Waals surface area contributed by atoms with Gasteiger partial charge in [-0.05, 0) is 55.4 Å². The average Bonchev–Trinajstić information content (AvgIpc) is 2.76. The van der Waals surface area contributed by atoms with E-state index in [9.17, 15) is 4.79 Å². The van der Waals surface area contributed by atoms with Crippen LogP contribution >= 0.6 is 0 Å². The summed E-state index contributed by atoms with van der Waals surface area (Å²) in [6.45, 7) is 6.78. The van der Waals surface area contributed by atoms with Gasteiger partial charge in [-0.2, -0.15) is 0 Å². The Hall–Kier alpha value is -1.79. The van der Waals surface area contributed by atoms with Gasteiger partial charge in [-0.25, -0.2) is 0 Å². The number of benzene rings is 1. The third-order valence-corrected chi connectivity index (χ3v) is 4.46. The molecular weight excluding hydrogens is 260 g/mol. The summed E-state index contributed by atoms with van der Waals surface area (Å²) in [6, 6.07) is 6.01. The van der Waals surface area contributed by atoms with Crippen LogP contribution in [0, 0.1) is 30.6 Å². The van der Waals surface area contributed by atoms with Gasteiger partial charge in [0, 0.05) is 17.2 Å². The van der Waals surface area contributed by atoms with Crippen molar-refractivity contribution in [2.45, 2.75) is 39.7 Å². The molecule has 3 atom stereocenters. The van der Waals surface area contributed by atoms with E-state index >= 15 is 0 Å². The van der Waals surface area contributed by atoms with Gasteiger partial charge in [0.05, 0.1) is 6.54 Å². The van der Waals surface area contributed by atoms with Gasteiger partial charge in [-0.1, -0.05) is 25.7 Å². The van der Waals surface area contributed by atoms with E-state index in [1.807, 2.05) is 25.1 Å². The maximum atomic E-state index is 12.4. The highest BCUT2D eigenvalue weighted by Gasteiger charge is 2.30. The van der Waals surface area contributed by atoms with Crippen molar-refractivity contribution in [1.29, 1.82) is 0 Å². The lowest BCUT2D eigenvalue weighted by atomic mass is 9.97. The molecule has 112 valence electrons. The molecule has 2 rings (SSSR count). The molecule has 3 nitrogen and oxygen atoms in total. The van der Waals surface area contributed by atoms with Crippen molar-refractivity contribution in [2.75, 3.05) is 6.54 Å². The molecule has 0 saturated heterocycles. The van der Waals surface area contributed by atoms with Crippen molar-refractivity contribution >= 4 is 5.91 Å². The largest absolute Gasteiger partial charge is 0.349 e. The van der Waals surface area contributed by atoms with Crippen LogP contribution in [0.15, 0.2) is 18.2 Å².